The van der Waals surface area contributed by atoms with Gasteiger partial charge < -0.3 is 21.7 Å². The van der Waals surface area contributed by atoms with Crippen molar-refractivity contribution in [1.29, 1.82) is 0 Å². The van der Waals surface area contributed by atoms with Crippen molar-refractivity contribution in [3.8, 4) is 0 Å². The summed E-state index contributed by atoms with van der Waals surface area (Å²) in [6.07, 6.45) is 0.284. The van der Waals surface area contributed by atoms with Gasteiger partial charge in [-0.15, -0.1) is 0 Å². The molecule has 0 aliphatic carbocycles. The van der Waals surface area contributed by atoms with Crippen LogP contribution in [0.25, 0.3) is 0 Å². The molecule has 0 saturated heterocycles. The monoisotopic (exact) mass is 449 g/mol. The number of hydrogen-bond acceptors (Lipinski definition) is 6. The average molecular weight is 450 g/mol. The Morgan fingerprint density at radius 3 is 2.16 bits per heavy atom. The molecule has 0 fully saturated rings. The van der Waals surface area contributed by atoms with Crippen LogP contribution in [0.4, 0.5) is 0 Å². The maximum absolute atomic E-state index is 12.9. The largest absolute Gasteiger partial charge is 0.368 e. The quantitative estimate of drug-likeness (QED) is 0.166. The van der Waals surface area contributed by atoms with Crippen LogP contribution in [0.2, 0.25) is 0 Å². The van der Waals surface area contributed by atoms with E-state index in [4.69, 9.17) is 10.9 Å². The minimum absolute atomic E-state index is 0.0904. The summed E-state index contributed by atoms with van der Waals surface area (Å²) in [5.41, 5.74) is 7.25. The van der Waals surface area contributed by atoms with Gasteiger partial charge in [-0.1, -0.05) is 44.2 Å². The molecule has 2 atom stereocenters. The molecule has 0 aromatic heterocycles. The zero-order valence-electron chi connectivity index (χ0n) is 18.2. The summed E-state index contributed by atoms with van der Waals surface area (Å²) >= 11 is 0. The van der Waals surface area contributed by atoms with Gasteiger partial charge in [0.2, 0.25) is 29.5 Å². The van der Waals surface area contributed by atoms with E-state index in [1.807, 2.05) is 19.9 Å². The summed E-state index contributed by atoms with van der Waals surface area (Å²) in [5.74, 6) is -3.83. The minimum atomic E-state index is -1.01. The molecule has 11 nitrogen and oxygen atoms in total. The highest BCUT2D eigenvalue weighted by Crippen LogP contribution is 2.16. The zero-order valence-corrected chi connectivity index (χ0v) is 18.2. The molecule has 176 valence electrons. The number of hydroxylamine groups is 1. The summed E-state index contributed by atoms with van der Waals surface area (Å²) < 4.78 is 0. The molecular weight excluding hydrogens is 418 g/mol. The normalized spacial score (nSPS) is 12.4. The molecule has 1 aromatic carbocycles. The van der Waals surface area contributed by atoms with Gasteiger partial charge in [0, 0.05) is 18.8 Å². The Bertz CT molecular complexity index is 799. The van der Waals surface area contributed by atoms with Crippen LogP contribution in [0.15, 0.2) is 30.3 Å². The lowest BCUT2D eigenvalue weighted by atomic mass is 9.92. The van der Waals surface area contributed by atoms with E-state index in [0.717, 1.165) is 5.56 Å². The molecule has 0 saturated carbocycles. The number of nitrogens with one attached hydrogen (secondary N) is 4. The number of rotatable bonds is 13. The van der Waals surface area contributed by atoms with Crippen molar-refractivity contribution in [2.24, 2.45) is 17.6 Å². The van der Waals surface area contributed by atoms with Crippen molar-refractivity contribution in [2.75, 3.05) is 13.1 Å². The second kappa shape index (κ2) is 13.8. The zero-order chi connectivity index (χ0) is 24.1. The van der Waals surface area contributed by atoms with Gasteiger partial charge >= 0.3 is 0 Å². The number of carbonyl (C=O) groups is 5. The Balaban J connectivity index is 2.90. The number of amides is 5. The van der Waals surface area contributed by atoms with Gasteiger partial charge in [-0.05, 0) is 17.9 Å². The molecule has 1 aromatic rings. The average Bonchev–Trinajstić information content (AvgIpc) is 2.75. The maximum Gasteiger partial charge on any atom is 0.244 e. The Kier molecular flexibility index (Phi) is 11.4. The molecule has 32 heavy (non-hydrogen) atoms. The van der Waals surface area contributed by atoms with Crippen LogP contribution in [0.3, 0.4) is 0 Å². The molecule has 0 aliphatic heterocycles. The number of primary amides is 1. The smallest absolute Gasteiger partial charge is 0.244 e. The Morgan fingerprint density at radius 2 is 1.59 bits per heavy atom. The number of hydrogen-bond donors (Lipinski definition) is 6. The molecule has 0 aliphatic rings. The van der Waals surface area contributed by atoms with E-state index in [-0.39, 0.29) is 25.3 Å². The Hall–Kier alpha value is -3.47. The van der Waals surface area contributed by atoms with Crippen molar-refractivity contribution in [2.45, 2.75) is 39.2 Å². The first-order valence-electron chi connectivity index (χ1n) is 10.2. The van der Waals surface area contributed by atoms with Crippen LogP contribution in [0.1, 0.15) is 32.3 Å². The first-order chi connectivity index (χ1) is 15.1. The summed E-state index contributed by atoms with van der Waals surface area (Å²) in [7, 11) is 0. The number of benzene rings is 1. The lowest BCUT2D eigenvalue weighted by molar-refractivity contribution is -0.136. The van der Waals surface area contributed by atoms with Crippen LogP contribution in [-0.2, 0) is 30.4 Å². The fourth-order valence-electron chi connectivity index (χ4n) is 3.01. The fraction of sp³-hybridized carbons (Fsp3) is 0.476. The van der Waals surface area contributed by atoms with E-state index in [2.05, 4.69) is 16.0 Å². The number of nitrogens with two attached hydrogens (primary N) is 1. The van der Waals surface area contributed by atoms with Crippen molar-refractivity contribution >= 4 is 29.5 Å². The van der Waals surface area contributed by atoms with Gasteiger partial charge in [-0.3, -0.25) is 29.2 Å². The summed E-state index contributed by atoms with van der Waals surface area (Å²) in [4.78, 5) is 59.7. The highest BCUT2D eigenvalue weighted by molar-refractivity contribution is 5.93. The van der Waals surface area contributed by atoms with Gasteiger partial charge in [0.25, 0.3) is 0 Å². The molecule has 7 N–H and O–H groups in total. The summed E-state index contributed by atoms with van der Waals surface area (Å²) in [5, 5.41) is 16.1. The lowest BCUT2D eigenvalue weighted by Gasteiger charge is -2.23. The second-order valence-corrected chi connectivity index (χ2v) is 7.78. The third-order valence-corrected chi connectivity index (χ3v) is 4.48. The summed E-state index contributed by atoms with van der Waals surface area (Å²) in [6, 6.07) is 7.95. The van der Waals surface area contributed by atoms with Gasteiger partial charge in [0.15, 0.2) is 0 Å². The van der Waals surface area contributed by atoms with Crippen molar-refractivity contribution < 1.29 is 29.2 Å². The van der Waals surface area contributed by atoms with Crippen molar-refractivity contribution in [3.05, 3.63) is 35.9 Å². The van der Waals surface area contributed by atoms with Gasteiger partial charge in [0.1, 0.15) is 6.04 Å². The van der Waals surface area contributed by atoms with E-state index in [0.29, 0.717) is 6.42 Å². The van der Waals surface area contributed by atoms with E-state index in [1.54, 1.807) is 24.3 Å². The standard InChI is InChI=1S/C21H31N5O6/c1-13(2)8-15(10-18(28)26-32)20(30)25-16(9-14-6-4-3-5-7-14)21(31)24-12-19(29)23-11-17(22)27/h3-7,13,15-16,32H,8-12H2,1-2H3,(H2,22,27)(H,23,29)(H,24,31)(H,25,30)(H,26,28). The molecular formula is C21H31N5O6. The first kappa shape index (κ1) is 26.6. The topological polar surface area (TPSA) is 180 Å². The predicted molar refractivity (Wildman–Crippen MR) is 115 cm³/mol. The summed E-state index contributed by atoms with van der Waals surface area (Å²) in [6.45, 7) is 3.00. The van der Waals surface area contributed by atoms with Crippen LogP contribution in [-0.4, -0.2) is 53.9 Å². The second-order valence-electron chi connectivity index (χ2n) is 7.78. The van der Waals surface area contributed by atoms with Crippen LogP contribution >= 0.6 is 0 Å². The van der Waals surface area contributed by atoms with Crippen LogP contribution in [0, 0.1) is 11.8 Å². The molecule has 5 amide bonds. The Morgan fingerprint density at radius 1 is 0.938 bits per heavy atom. The van der Waals surface area contributed by atoms with E-state index in [9.17, 15) is 24.0 Å². The third kappa shape index (κ3) is 10.5. The van der Waals surface area contributed by atoms with Crippen LogP contribution in [0.5, 0.6) is 0 Å². The number of carbonyl (C=O) groups excluding carboxylic acids is 5. The van der Waals surface area contributed by atoms with Crippen molar-refractivity contribution in [1.82, 2.24) is 21.4 Å². The Labute approximate surface area is 186 Å². The van der Waals surface area contributed by atoms with Gasteiger partial charge in [-0.25, -0.2) is 5.48 Å². The molecule has 0 radical (unpaired) electrons. The van der Waals surface area contributed by atoms with E-state index in [1.165, 1.54) is 5.48 Å². The highest BCUT2D eigenvalue weighted by Gasteiger charge is 2.28. The third-order valence-electron chi connectivity index (χ3n) is 4.48. The maximum atomic E-state index is 12.9. The molecule has 2 unspecified atom stereocenters. The van der Waals surface area contributed by atoms with Crippen LogP contribution < -0.4 is 27.2 Å². The highest BCUT2D eigenvalue weighted by atomic mass is 16.5. The van der Waals surface area contributed by atoms with E-state index >= 15 is 0 Å². The molecule has 0 bridgehead atoms. The molecule has 1 rings (SSSR count). The van der Waals surface area contributed by atoms with E-state index < -0.39 is 48.0 Å². The molecule has 11 heteroatoms. The molecule has 0 heterocycles. The fourth-order valence-corrected chi connectivity index (χ4v) is 3.01. The predicted octanol–water partition coefficient (Wildman–Crippen LogP) is -1.01. The lowest BCUT2D eigenvalue weighted by Crippen LogP contribution is -2.52. The first-order valence-corrected chi connectivity index (χ1v) is 10.2. The van der Waals surface area contributed by atoms with Crippen molar-refractivity contribution in [3.63, 3.8) is 0 Å². The van der Waals surface area contributed by atoms with Gasteiger partial charge in [-0.2, -0.15) is 0 Å². The molecule has 0 spiro atoms. The van der Waals surface area contributed by atoms with Gasteiger partial charge in [0.05, 0.1) is 13.1 Å². The minimum Gasteiger partial charge on any atom is -0.368 e. The SMILES string of the molecule is CC(C)CC(CC(=O)NO)C(=O)NC(Cc1ccccc1)C(=O)NCC(=O)NCC(N)=O.